The summed E-state index contributed by atoms with van der Waals surface area (Å²) in [6.07, 6.45) is 4.21. The van der Waals surface area contributed by atoms with Gasteiger partial charge < -0.3 is 4.90 Å². The summed E-state index contributed by atoms with van der Waals surface area (Å²) in [6, 6.07) is 23.1. The van der Waals surface area contributed by atoms with Crippen LogP contribution < -0.4 is 0 Å². The molecule has 0 aromatic heterocycles. The van der Waals surface area contributed by atoms with Crippen LogP contribution in [0.1, 0.15) is 11.1 Å². The van der Waals surface area contributed by atoms with Gasteiger partial charge in [-0.3, -0.25) is 9.69 Å². The summed E-state index contributed by atoms with van der Waals surface area (Å²) in [6.45, 7) is 3.11. The summed E-state index contributed by atoms with van der Waals surface area (Å²) in [4.78, 5) is 17.3. The van der Waals surface area contributed by atoms with Gasteiger partial charge in [-0.2, -0.15) is 4.31 Å². The monoisotopic (exact) mass is 557 g/mol. The minimum Gasteiger partial charge on any atom is -0.339 e. The van der Waals surface area contributed by atoms with Gasteiger partial charge in [-0.1, -0.05) is 77.8 Å². The fourth-order valence-electron chi connectivity index (χ4n) is 4.15. The van der Waals surface area contributed by atoms with Crippen molar-refractivity contribution in [2.24, 2.45) is 0 Å². The molecule has 1 amide bonds. The van der Waals surface area contributed by atoms with Gasteiger partial charge in [0, 0.05) is 49.3 Å². The highest BCUT2D eigenvalue weighted by Crippen LogP contribution is 2.22. The Bertz CT molecular complexity index is 1320. The maximum absolute atomic E-state index is 13.5. The number of amides is 1. The van der Waals surface area contributed by atoms with Crippen LogP contribution in [0.3, 0.4) is 0 Å². The first-order valence-corrected chi connectivity index (χ1v) is 14.2. The zero-order valence-electron chi connectivity index (χ0n) is 20.3. The summed E-state index contributed by atoms with van der Waals surface area (Å²) < 4.78 is 28.2. The van der Waals surface area contributed by atoms with Crippen LogP contribution in [-0.4, -0.2) is 67.7 Å². The smallest absolute Gasteiger partial charge is 0.243 e. The number of halogens is 2. The van der Waals surface area contributed by atoms with Crippen molar-refractivity contribution in [3.05, 3.63) is 106 Å². The van der Waals surface area contributed by atoms with E-state index in [1.807, 2.05) is 18.2 Å². The maximum Gasteiger partial charge on any atom is 0.243 e. The predicted molar refractivity (Wildman–Crippen MR) is 149 cm³/mol. The lowest BCUT2D eigenvalue weighted by molar-refractivity contribution is -0.133. The second-order valence-electron chi connectivity index (χ2n) is 8.85. The first kappa shape index (κ1) is 27.4. The van der Waals surface area contributed by atoms with E-state index >= 15 is 0 Å². The molecule has 4 rings (SSSR count). The number of sulfonamides is 1. The summed E-state index contributed by atoms with van der Waals surface area (Å²) in [5.74, 6) is -0.223. The first-order chi connectivity index (χ1) is 17.8. The Morgan fingerprint density at radius 2 is 1.57 bits per heavy atom. The molecule has 9 heteroatoms. The molecule has 0 N–H and O–H groups in total. The van der Waals surface area contributed by atoms with Gasteiger partial charge >= 0.3 is 0 Å². The summed E-state index contributed by atoms with van der Waals surface area (Å²) in [5.41, 5.74) is 1.85. The second kappa shape index (κ2) is 12.7. The molecule has 0 unspecified atom stereocenters. The van der Waals surface area contributed by atoms with Crippen LogP contribution in [0, 0.1) is 0 Å². The predicted octanol–water partition coefficient (Wildman–Crippen LogP) is 5.04. The van der Waals surface area contributed by atoms with Crippen molar-refractivity contribution in [3.8, 4) is 0 Å². The SMILES string of the molecule is O=C(CN(Cc1cccc(Cl)c1)S(=O)(=O)c1ccc(Cl)cc1)N1CCN(C/C=C/c2ccccc2)CC1. The van der Waals surface area contributed by atoms with Crippen molar-refractivity contribution in [1.29, 1.82) is 0 Å². The Labute approximate surface area is 228 Å². The van der Waals surface area contributed by atoms with Crippen LogP contribution in [0.5, 0.6) is 0 Å². The highest BCUT2D eigenvalue weighted by Gasteiger charge is 2.30. The van der Waals surface area contributed by atoms with Crippen LogP contribution in [0.15, 0.2) is 89.8 Å². The van der Waals surface area contributed by atoms with E-state index < -0.39 is 10.0 Å². The van der Waals surface area contributed by atoms with E-state index in [0.29, 0.717) is 28.7 Å². The molecular formula is C28H29Cl2N3O3S. The highest BCUT2D eigenvalue weighted by atomic mass is 35.5. The topological polar surface area (TPSA) is 60.9 Å². The molecule has 0 saturated carbocycles. The molecule has 0 bridgehead atoms. The normalized spacial score (nSPS) is 14.9. The number of rotatable bonds is 9. The van der Waals surface area contributed by atoms with Gasteiger partial charge in [0.1, 0.15) is 0 Å². The van der Waals surface area contributed by atoms with E-state index in [4.69, 9.17) is 23.2 Å². The van der Waals surface area contributed by atoms with Gasteiger partial charge in [0.2, 0.25) is 15.9 Å². The lowest BCUT2D eigenvalue weighted by Gasteiger charge is -2.35. The van der Waals surface area contributed by atoms with E-state index in [1.54, 1.807) is 29.2 Å². The van der Waals surface area contributed by atoms with Crippen molar-refractivity contribution in [3.63, 3.8) is 0 Å². The molecule has 6 nitrogen and oxygen atoms in total. The van der Waals surface area contributed by atoms with Gasteiger partial charge in [0.15, 0.2) is 0 Å². The van der Waals surface area contributed by atoms with Gasteiger partial charge in [-0.25, -0.2) is 8.42 Å². The minimum atomic E-state index is -3.95. The standard InChI is InChI=1S/C28H29Cl2N3O3S/c29-25-11-13-27(14-12-25)37(35,36)33(21-24-8-4-10-26(30)20-24)22-28(34)32-18-16-31(17-19-32)15-5-9-23-6-2-1-3-7-23/h1-14,20H,15-19,21-22H2/b9-5+. The van der Waals surface area contributed by atoms with Gasteiger partial charge in [0.25, 0.3) is 0 Å². The number of carbonyl (C=O) groups is 1. The molecule has 0 aliphatic carbocycles. The molecule has 194 valence electrons. The van der Waals surface area contributed by atoms with Crippen molar-refractivity contribution >= 4 is 45.2 Å². The van der Waals surface area contributed by atoms with Crippen molar-refractivity contribution in [1.82, 2.24) is 14.1 Å². The van der Waals surface area contributed by atoms with Gasteiger partial charge in [-0.05, 0) is 47.5 Å². The number of carbonyl (C=O) groups excluding carboxylic acids is 1. The summed E-state index contributed by atoms with van der Waals surface area (Å²) in [5, 5.41) is 0.943. The third-order valence-corrected chi connectivity index (χ3v) is 8.50. The maximum atomic E-state index is 13.5. The van der Waals surface area contributed by atoms with Crippen molar-refractivity contribution in [2.75, 3.05) is 39.3 Å². The van der Waals surface area contributed by atoms with E-state index in [1.165, 1.54) is 28.6 Å². The summed E-state index contributed by atoms with van der Waals surface area (Å²) >= 11 is 12.1. The molecule has 1 aliphatic heterocycles. The molecule has 1 aliphatic rings. The van der Waals surface area contributed by atoms with Crippen molar-refractivity contribution < 1.29 is 13.2 Å². The van der Waals surface area contributed by atoms with Gasteiger partial charge in [0.05, 0.1) is 11.4 Å². The van der Waals surface area contributed by atoms with Crippen molar-refractivity contribution in [2.45, 2.75) is 11.4 Å². The lowest BCUT2D eigenvalue weighted by atomic mass is 10.2. The van der Waals surface area contributed by atoms with Crippen LogP contribution in [-0.2, 0) is 21.4 Å². The van der Waals surface area contributed by atoms with E-state index in [2.05, 4.69) is 29.2 Å². The molecule has 1 heterocycles. The zero-order chi connectivity index (χ0) is 26.3. The Morgan fingerprint density at radius 3 is 2.24 bits per heavy atom. The average Bonchev–Trinajstić information content (AvgIpc) is 2.89. The molecule has 37 heavy (non-hydrogen) atoms. The number of benzene rings is 3. The van der Waals surface area contributed by atoms with E-state index in [0.717, 1.165) is 25.2 Å². The Hall–Kier alpha value is -2.68. The van der Waals surface area contributed by atoms with Gasteiger partial charge in [-0.15, -0.1) is 0 Å². The third kappa shape index (κ3) is 7.66. The molecule has 3 aromatic carbocycles. The summed E-state index contributed by atoms with van der Waals surface area (Å²) in [7, 11) is -3.95. The number of nitrogens with zero attached hydrogens (tertiary/aromatic N) is 3. The number of hydrogen-bond donors (Lipinski definition) is 0. The fraction of sp³-hybridized carbons (Fsp3) is 0.250. The number of hydrogen-bond acceptors (Lipinski definition) is 4. The van der Waals surface area contributed by atoms with Crippen LogP contribution >= 0.6 is 23.2 Å². The quantitative estimate of drug-likeness (QED) is 0.369. The lowest BCUT2D eigenvalue weighted by Crippen LogP contribution is -2.51. The largest absolute Gasteiger partial charge is 0.339 e. The second-order valence-corrected chi connectivity index (χ2v) is 11.7. The van der Waals surface area contributed by atoms with E-state index in [-0.39, 0.29) is 23.9 Å². The Kier molecular flexibility index (Phi) is 9.40. The van der Waals surface area contributed by atoms with E-state index in [9.17, 15) is 13.2 Å². The average molecular weight is 559 g/mol. The highest BCUT2D eigenvalue weighted by molar-refractivity contribution is 7.89. The number of piperazine rings is 1. The first-order valence-electron chi connectivity index (χ1n) is 12.0. The molecule has 1 fully saturated rings. The fourth-order valence-corrected chi connectivity index (χ4v) is 5.87. The van der Waals surface area contributed by atoms with Crippen LogP contribution in [0.4, 0.5) is 0 Å². The molecular weight excluding hydrogens is 529 g/mol. The Balaban J connectivity index is 1.41. The minimum absolute atomic E-state index is 0.0293. The van der Waals surface area contributed by atoms with Crippen LogP contribution in [0.2, 0.25) is 10.0 Å². The zero-order valence-corrected chi connectivity index (χ0v) is 22.7. The van der Waals surface area contributed by atoms with Crippen LogP contribution in [0.25, 0.3) is 6.08 Å². The molecule has 0 spiro atoms. The Morgan fingerprint density at radius 1 is 0.865 bits per heavy atom. The molecule has 3 aromatic rings. The molecule has 1 saturated heterocycles. The molecule has 0 atom stereocenters. The third-order valence-electron chi connectivity index (χ3n) is 6.21. The molecule has 0 radical (unpaired) electrons.